The van der Waals surface area contributed by atoms with Crippen LogP contribution in [0.1, 0.15) is 22.8 Å². The first kappa shape index (κ1) is 13.4. The molecule has 0 aliphatic carbocycles. The molecule has 0 bridgehead atoms. The molecule has 1 atom stereocenters. The highest BCUT2D eigenvalue weighted by Gasteiger charge is 2.27. The minimum Gasteiger partial charge on any atom is -0.361 e. The largest absolute Gasteiger partial charge is 0.361 e. The first-order valence-electron chi connectivity index (χ1n) is 6.78. The van der Waals surface area contributed by atoms with Crippen LogP contribution in [-0.2, 0) is 6.42 Å². The summed E-state index contributed by atoms with van der Waals surface area (Å²) in [4.78, 5) is 14.7. The zero-order valence-corrected chi connectivity index (χ0v) is 12.9. The van der Waals surface area contributed by atoms with E-state index >= 15 is 0 Å². The number of ketones is 1. The number of hydrogen-bond donors (Lipinski definition) is 0. The number of benzene rings is 2. The third kappa shape index (κ3) is 2.50. The standard InChI is InChI=1S/C17H16BrNO/c1-12-9-13-5-2-3-8-16(13)19(12)11-17(20)14-6-4-7-15(18)10-14/h2-8,10,12H,9,11H2,1H3. The summed E-state index contributed by atoms with van der Waals surface area (Å²) in [5, 5.41) is 0. The maximum atomic E-state index is 12.4. The summed E-state index contributed by atoms with van der Waals surface area (Å²) in [5.41, 5.74) is 3.29. The summed E-state index contributed by atoms with van der Waals surface area (Å²) >= 11 is 3.41. The van der Waals surface area contributed by atoms with Crippen LogP contribution >= 0.6 is 15.9 Å². The number of anilines is 1. The van der Waals surface area contributed by atoms with Crippen LogP contribution in [0.4, 0.5) is 5.69 Å². The van der Waals surface area contributed by atoms with Crippen LogP contribution in [0.15, 0.2) is 53.0 Å². The SMILES string of the molecule is CC1Cc2ccccc2N1CC(=O)c1cccc(Br)c1. The maximum absolute atomic E-state index is 12.4. The molecule has 0 saturated carbocycles. The average molecular weight is 330 g/mol. The molecule has 2 aromatic rings. The molecule has 0 aromatic heterocycles. The molecule has 2 nitrogen and oxygen atoms in total. The van der Waals surface area contributed by atoms with E-state index in [9.17, 15) is 4.79 Å². The van der Waals surface area contributed by atoms with Gasteiger partial charge in [-0.1, -0.05) is 46.3 Å². The van der Waals surface area contributed by atoms with E-state index in [0.717, 1.165) is 16.5 Å². The van der Waals surface area contributed by atoms with E-state index in [0.29, 0.717) is 12.6 Å². The average Bonchev–Trinajstić information content (AvgIpc) is 2.75. The summed E-state index contributed by atoms with van der Waals surface area (Å²) in [7, 11) is 0. The van der Waals surface area contributed by atoms with Crippen LogP contribution in [0.3, 0.4) is 0 Å². The highest BCUT2D eigenvalue weighted by Crippen LogP contribution is 2.31. The molecule has 3 rings (SSSR count). The lowest BCUT2D eigenvalue weighted by Crippen LogP contribution is -2.34. The summed E-state index contributed by atoms with van der Waals surface area (Å²) in [6, 6.07) is 16.3. The van der Waals surface area contributed by atoms with Crippen LogP contribution in [0.2, 0.25) is 0 Å². The molecule has 1 aliphatic heterocycles. The Bertz CT molecular complexity index is 653. The van der Waals surface area contributed by atoms with Crippen molar-refractivity contribution in [2.75, 3.05) is 11.4 Å². The summed E-state index contributed by atoms with van der Waals surface area (Å²) < 4.78 is 0.943. The Hall–Kier alpha value is -1.61. The van der Waals surface area contributed by atoms with E-state index in [-0.39, 0.29) is 5.78 Å². The number of halogens is 1. The van der Waals surface area contributed by atoms with E-state index in [1.165, 1.54) is 11.3 Å². The van der Waals surface area contributed by atoms with Gasteiger partial charge in [-0.15, -0.1) is 0 Å². The van der Waals surface area contributed by atoms with Crippen molar-refractivity contribution in [3.8, 4) is 0 Å². The van der Waals surface area contributed by atoms with Crippen molar-refractivity contribution in [1.82, 2.24) is 0 Å². The summed E-state index contributed by atoms with van der Waals surface area (Å²) in [6.07, 6.45) is 1.02. The van der Waals surface area contributed by atoms with Crippen molar-refractivity contribution in [2.45, 2.75) is 19.4 Å². The van der Waals surface area contributed by atoms with Crippen molar-refractivity contribution in [3.05, 3.63) is 64.1 Å². The fraction of sp³-hybridized carbons (Fsp3) is 0.235. The van der Waals surface area contributed by atoms with Crippen LogP contribution in [-0.4, -0.2) is 18.4 Å². The molecule has 0 fully saturated rings. The first-order valence-corrected chi connectivity index (χ1v) is 7.58. The van der Waals surface area contributed by atoms with Crippen molar-refractivity contribution in [3.63, 3.8) is 0 Å². The van der Waals surface area contributed by atoms with Gasteiger partial charge in [-0.2, -0.15) is 0 Å². The number of carbonyl (C=O) groups is 1. The zero-order chi connectivity index (χ0) is 14.1. The van der Waals surface area contributed by atoms with Crippen molar-refractivity contribution in [2.24, 2.45) is 0 Å². The molecule has 102 valence electrons. The van der Waals surface area contributed by atoms with E-state index in [1.54, 1.807) is 0 Å². The van der Waals surface area contributed by atoms with Crippen LogP contribution < -0.4 is 4.90 Å². The van der Waals surface area contributed by atoms with Crippen LogP contribution in [0.5, 0.6) is 0 Å². The lowest BCUT2D eigenvalue weighted by atomic mass is 10.1. The van der Waals surface area contributed by atoms with Gasteiger partial charge in [0, 0.05) is 21.8 Å². The fourth-order valence-corrected chi connectivity index (χ4v) is 3.18. The van der Waals surface area contributed by atoms with E-state index < -0.39 is 0 Å². The molecule has 0 N–H and O–H groups in total. The Labute approximate surface area is 127 Å². The number of para-hydroxylation sites is 1. The third-order valence-corrected chi connectivity index (χ3v) is 4.30. The number of fused-ring (bicyclic) bond motifs is 1. The normalized spacial score (nSPS) is 17.1. The Morgan fingerprint density at radius 2 is 2.05 bits per heavy atom. The van der Waals surface area contributed by atoms with Gasteiger partial charge in [0.15, 0.2) is 5.78 Å². The quantitative estimate of drug-likeness (QED) is 0.791. The Kier molecular flexibility index (Phi) is 3.62. The molecule has 1 heterocycles. The fourth-order valence-electron chi connectivity index (χ4n) is 2.78. The number of hydrogen-bond acceptors (Lipinski definition) is 2. The number of carbonyl (C=O) groups excluding carboxylic acids is 1. The molecule has 0 saturated heterocycles. The van der Waals surface area contributed by atoms with Gasteiger partial charge < -0.3 is 4.90 Å². The molecule has 0 radical (unpaired) electrons. The van der Waals surface area contributed by atoms with Crippen molar-refractivity contribution >= 4 is 27.4 Å². The predicted molar refractivity (Wildman–Crippen MR) is 85.4 cm³/mol. The molecule has 3 heteroatoms. The minimum atomic E-state index is 0.162. The highest BCUT2D eigenvalue weighted by atomic mass is 79.9. The van der Waals surface area contributed by atoms with Gasteiger partial charge in [0.05, 0.1) is 6.54 Å². The van der Waals surface area contributed by atoms with Gasteiger partial charge in [-0.25, -0.2) is 0 Å². The van der Waals surface area contributed by atoms with Gasteiger partial charge >= 0.3 is 0 Å². The molecule has 1 aliphatic rings. The van der Waals surface area contributed by atoms with Crippen molar-refractivity contribution < 1.29 is 4.79 Å². The van der Waals surface area contributed by atoms with E-state index in [1.807, 2.05) is 30.3 Å². The molecular weight excluding hydrogens is 314 g/mol. The molecule has 1 unspecified atom stereocenters. The monoisotopic (exact) mass is 329 g/mol. The minimum absolute atomic E-state index is 0.162. The Morgan fingerprint density at radius 3 is 2.85 bits per heavy atom. The predicted octanol–water partition coefficient (Wildman–Crippen LogP) is 4.08. The second kappa shape index (κ2) is 5.41. The second-order valence-electron chi connectivity index (χ2n) is 5.24. The maximum Gasteiger partial charge on any atom is 0.182 e. The van der Waals surface area contributed by atoms with Gasteiger partial charge in [-0.3, -0.25) is 4.79 Å². The second-order valence-corrected chi connectivity index (χ2v) is 6.16. The van der Waals surface area contributed by atoms with Crippen LogP contribution in [0, 0.1) is 0 Å². The molecular formula is C17H16BrNO. The van der Waals surface area contributed by atoms with E-state index in [4.69, 9.17) is 0 Å². The Balaban J connectivity index is 1.83. The topological polar surface area (TPSA) is 20.3 Å². The summed E-state index contributed by atoms with van der Waals surface area (Å²) in [6.45, 7) is 2.61. The summed E-state index contributed by atoms with van der Waals surface area (Å²) in [5.74, 6) is 0.162. The molecule has 0 amide bonds. The smallest absolute Gasteiger partial charge is 0.182 e. The van der Waals surface area contributed by atoms with Gasteiger partial charge in [0.25, 0.3) is 0 Å². The van der Waals surface area contributed by atoms with Gasteiger partial charge in [0.1, 0.15) is 0 Å². The number of nitrogens with zero attached hydrogens (tertiary/aromatic N) is 1. The molecule has 0 spiro atoms. The van der Waals surface area contributed by atoms with Crippen LogP contribution in [0.25, 0.3) is 0 Å². The lowest BCUT2D eigenvalue weighted by molar-refractivity contribution is 0.0997. The van der Waals surface area contributed by atoms with E-state index in [2.05, 4.69) is 46.0 Å². The Morgan fingerprint density at radius 1 is 1.25 bits per heavy atom. The van der Waals surface area contributed by atoms with Crippen molar-refractivity contribution in [1.29, 1.82) is 0 Å². The third-order valence-electron chi connectivity index (χ3n) is 3.81. The number of Topliss-reactive ketones (excluding diaryl/α,β-unsaturated/α-hetero) is 1. The highest BCUT2D eigenvalue weighted by molar-refractivity contribution is 9.10. The molecule has 20 heavy (non-hydrogen) atoms. The lowest BCUT2D eigenvalue weighted by Gasteiger charge is -2.24. The number of rotatable bonds is 3. The van der Waals surface area contributed by atoms with Gasteiger partial charge in [-0.05, 0) is 37.1 Å². The first-order chi connectivity index (χ1) is 9.65. The van der Waals surface area contributed by atoms with Gasteiger partial charge in [0.2, 0.25) is 0 Å². The zero-order valence-electron chi connectivity index (χ0n) is 11.3. The molecule has 2 aromatic carbocycles.